The fourth-order valence-electron chi connectivity index (χ4n) is 4.32. The molecule has 1 aliphatic rings. The van der Waals surface area contributed by atoms with E-state index in [1.165, 1.54) is 6.33 Å². The SMILES string of the molecule is N#CCC(c1cccc(S(=O)(=O)N2CCCCC2)c1)n1cc(-c2ncnc3[nH]ccc23)cn1. The third kappa shape index (κ3) is 4.01. The number of benzene rings is 1. The number of aromatic amines is 1. The van der Waals surface area contributed by atoms with Crippen molar-refractivity contribution in [1.82, 2.24) is 29.0 Å². The van der Waals surface area contributed by atoms with Crippen LogP contribution in [0.5, 0.6) is 0 Å². The van der Waals surface area contributed by atoms with E-state index in [4.69, 9.17) is 0 Å². The second-order valence-electron chi connectivity index (χ2n) is 8.09. The van der Waals surface area contributed by atoms with Crippen LogP contribution >= 0.6 is 0 Å². The lowest BCUT2D eigenvalue weighted by molar-refractivity contribution is 0.346. The topological polar surface area (TPSA) is 121 Å². The summed E-state index contributed by atoms with van der Waals surface area (Å²) in [6.07, 6.45) is 9.80. The maximum atomic E-state index is 13.2. The Hall–Kier alpha value is -3.55. The second-order valence-corrected chi connectivity index (χ2v) is 10.0. The van der Waals surface area contributed by atoms with Crippen LogP contribution in [0, 0.1) is 11.3 Å². The maximum Gasteiger partial charge on any atom is 0.243 e. The molecule has 0 saturated carbocycles. The van der Waals surface area contributed by atoms with Crippen molar-refractivity contribution in [1.29, 1.82) is 5.26 Å². The average Bonchev–Trinajstić information content (AvgIpc) is 3.53. The molecule has 33 heavy (non-hydrogen) atoms. The van der Waals surface area contributed by atoms with Crippen molar-refractivity contribution >= 4 is 21.1 Å². The minimum atomic E-state index is -3.57. The van der Waals surface area contributed by atoms with Crippen molar-refractivity contribution in [3.8, 4) is 17.3 Å². The molecule has 1 atom stereocenters. The summed E-state index contributed by atoms with van der Waals surface area (Å²) in [7, 11) is -3.57. The molecule has 0 amide bonds. The van der Waals surface area contributed by atoms with Gasteiger partial charge in [-0.1, -0.05) is 18.6 Å². The Morgan fingerprint density at radius 1 is 1.15 bits per heavy atom. The normalized spacial score (nSPS) is 16.0. The number of nitrogens with zero attached hydrogens (tertiary/aromatic N) is 6. The molecule has 0 radical (unpaired) electrons. The number of hydrogen-bond donors (Lipinski definition) is 1. The third-order valence-electron chi connectivity index (χ3n) is 6.03. The number of nitrogens with one attached hydrogen (secondary N) is 1. The first-order valence-electron chi connectivity index (χ1n) is 10.9. The average molecular weight is 462 g/mol. The number of piperidine rings is 1. The predicted octanol–water partition coefficient (Wildman–Crippen LogP) is 3.50. The highest BCUT2D eigenvalue weighted by atomic mass is 32.2. The molecular formula is C23H23N7O2S. The van der Waals surface area contributed by atoms with Crippen LogP contribution in [0.4, 0.5) is 0 Å². The molecule has 1 aromatic carbocycles. The smallest absolute Gasteiger partial charge is 0.243 e. The van der Waals surface area contributed by atoms with Crippen molar-refractivity contribution in [2.24, 2.45) is 0 Å². The van der Waals surface area contributed by atoms with Gasteiger partial charge in [-0.3, -0.25) is 4.68 Å². The number of fused-ring (bicyclic) bond motifs is 1. The van der Waals surface area contributed by atoms with Gasteiger partial charge in [-0.15, -0.1) is 0 Å². The van der Waals surface area contributed by atoms with Crippen LogP contribution in [0.1, 0.15) is 37.3 Å². The number of rotatable bonds is 6. The quantitative estimate of drug-likeness (QED) is 0.469. The predicted molar refractivity (Wildman–Crippen MR) is 123 cm³/mol. The van der Waals surface area contributed by atoms with E-state index in [0.29, 0.717) is 13.1 Å². The lowest BCUT2D eigenvalue weighted by Gasteiger charge is -2.26. The van der Waals surface area contributed by atoms with E-state index < -0.39 is 16.1 Å². The highest BCUT2D eigenvalue weighted by Crippen LogP contribution is 2.29. The van der Waals surface area contributed by atoms with Gasteiger partial charge in [0, 0.05) is 36.4 Å². The van der Waals surface area contributed by atoms with Crippen LogP contribution in [0.25, 0.3) is 22.3 Å². The summed E-state index contributed by atoms with van der Waals surface area (Å²) >= 11 is 0. The second kappa shape index (κ2) is 8.77. The molecule has 5 rings (SSSR count). The molecule has 0 aliphatic carbocycles. The molecule has 168 valence electrons. The highest BCUT2D eigenvalue weighted by molar-refractivity contribution is 7.89. The van der Waals surface area contributed by atoms with Gasteiger partial charge in [0.05, 0.1) is 35.3 Å². The van der Waals surface area contributed by atoms with E-state index in [1.807, 2.05) is 18.3 Å². The number of hydrogen-bond acceptors (Lipinski definition) is 6. The van der Waals surface area contributed by atoms with E-state index in [1.54, 1.807) is 39.6 Å². The third-order valence-corrected chi connectivity index (χ3v) is 7.92. The first kappa shape index (κ1) is 21.3. The van der Waals surface area contributed by atoms with Crippen LogP contribution in [0.2, 0.25) is 0 Å². The number of H-pyrrole nitrogens is 1. The Kier molecular flexibility index (Phi) is 5.66. The minimum Gasteiger partial charge on any atom is -0.346 e. The van der Waals surface area contributed by atoms with Crippen molar-refractivity contribution in [2.45, 2.75) is 36.6 Å². The summed E-state index contributed by atoms with van der Waals surface area (Å²) < 4.78 is 29.6. The molecule has 1 aliphatic heterocycles. The Morgan fingerprint density at radius 2 is 2.00 bits per heavy atom. The van der Waals surface area contributed by atoms with Crippen LogP contribution in [-0.4, -0.2) is 50.5 Å². The Morgan fingerprint density at radius 3 is 2.82 bits per heavy atom. The molecule has 0 bridgehead atoms. The molecule has 0 spiro atoms. The fourth-order valence-corrected chi connectivity index (χ4v) is 5.89. The van der Waals surface area contributed by atoms with Crippen molar-refractivity contribution < 1.29 is 8.42 Å². The number of nitriles is 1. The fraction of sp³-hybridized carbons (Fsp3) is 0.304. The molecule has 4 heterocycles. The van der Waals surface area contributed by atoms with Gasteiger partial charge in [0.1, 0.15) is 12.0 Å². The van der Waals surface area contributed by atoms with Gasteiger partial charge < -0.3 is 4.98 Å². The summed E-state index contributed by atoms with van der Waals surface area (Å²) in [5.41, 5.74) is 2.99. The van der Waals surface area contributed by atoms with E-state index in [9.17, 15) is 13.7 Å². The molecule has 1 unspecified atom stereocenters. The molecule has 4 aromatic rings. The Balaban J connectivity index is 1.50. The first-order chi connectivity index (χ1) is 16.1. The summed E-state index contributed by atoms with van der Waals surface area (Å²) in [5.74, 6) is 0. The highest BCUT2D eigenvalue weighted by Gasteiger charge is 2.27. The maximum absolute atomic E-state index is 13.2. The van der Waals surface area contributed by atoms with Gasteiger partial charge in [0.15, 0.2) is 0 Å². The zero-order valence-electron chi connectivity index (χ0n) is 17.9. The lowest BCUT2D eigenvalue weighted by atomic mass is 10.0. The van der Waals surface area contributed by atoms with Crippen molar-refractivity contribution in [3.63, 3.8) is 0 Å². The summed E-state index contributed by atoms with van der Waals surface area (Å²) in [4.78, 5) is 11.9. The summed E-state index contributed by atoms with van der Waals surface area (Å²) in [6, 6.07) is 10.5. The molecule has 1 N–H and O–H groups in total. The number of sulfonamides is 1. The first-order valence-corrected chi connectivity index (χ1v) is 12.3. The minimum absolute atomic E-state index is 0.150. The van der Waals surface area contributed by atoms with Crippen molar-refractivity contribution in [2.75, 3.05) is 13.1 Å². The summed E-state index contributed by atoms with van der Waals surface area (Å²) in [6.45, 7) is 1.09. The van der Waals surface area contributed by atoms with E-state index in [2.05, 4.69) is 26.1 Å². The van der Waals surface area contributed by atoms with Crippen LogP contribution in [0.3, 0.4) is 0 Å². The van der Waals surface area contributed by atoms with Gasteiger partial charge in [-0.25, -0.2) is 18.4 Å². The standard InChI is InChI=1S/C23H23N7O2S/c24-9-7-21(17-5-4-6-19(13-17)33(31,32)29-11-2-1-3-12-29)30-15-18(14-28-30)22-20-8-10-25-23(20)27-16-26-22/h4-6,8,10,13-16,21H,1-3,7,11-12H2,(H,25,26,27). The van der Waals surface area contributed by atoms with Gasteiger partial charge in [-0.05, 0) is 36.6 Å². The van der Waals surface area contributed by atoms with Crippen LogP contribution in [0.15, 0.2) is 60.1 Å². The monoisotopic (exact) mass is 461 g/mol. The van der Waals surface area contributed by atoms with Crippen LogP contribution in [-0.2, 0) is 10.0 Å². The molecule has 1 saturated heterocycles. The Bertz CT molecular complexity index is 1430. The number of aromatic nitrogens is 5. The zero-order chi connectivity index (χ0) is 22.8. The molecule has 3 aromatic heterocycles. The Labute approximate surface area is 191 Å². The van der Waals surface area contributed by atoms with Gasteiger partial charge >= 0.3 is 0 Å². The van der Waals surface area contributed by atoms with Crippen LogP contribution < -0.4 is 0 Å². The largest absolute Gasteiger partial charge is 0.346 e. The van der Waals surface area contributed by atoms with E-state index in [0.717, 1.165) is 47.1 Å². The van der Waals surface area contributed by atoms with E-state index >= 15 is 0 Å². The molecule has 9 nitrogen and oxygen atoms in total. The molecule has 10 heteroatoms. The molecular weight excluding hydrogens is 438 g/mol. The zero-order valence-corrected chi connectivity index (χ0v) is 18.7. The lowest BCUT2D eigenvalue weighted by Crippen LogP contribution is -2.35. The van der Waals surface area contributed by atoms with Gasteiger partial charge in [0.2, 0.25) is 10.0 Å². The van der Waals surface area contributed by atoms with Crippen molar-refractivity contribution in [3.05, 3.63) is 60.8 Å². The van der Waals surface area contributed by atoms with Gasteiger partial charge in [-0.2, -0.15) is 14.7 Å². The van der Waals surface area contributed by atoms with Gasteiger partial charge in [0.25, 0.3) is 0 Å². The summed E-state index contributed by atoms with van der Waals surface area (Å²) in [5, 5.41) is 14.9. The molecule has 1 fully saturated rings. The van der Waals surface area contributed by atoms with E-state index in [-0.39, 0.29) is 11.3 Å².